The van der Waals surface area contributed by atoms with Gasteiger partial charge in [0.25, 0.3) is 0 Å². The molecule has 140 valence electrons. The Labute approximate surface area is 153 Å². The first kappa shape index (κ1) is 18.4. The van der Waals surface area contributed by atoms with Gasteiger partial charge in [-0.05, 0) is 25.8 Å². The molecule has 3 rings (SSSR count). The zero-order valence-electron chi connectivity index (χ0n) is 15.4. The molecular formula is C20H26N2O4. The van der Waals surface area contributed by atoms with Crippen LogP contribution >= 0.6 is 0 Å². The zero-order valence-corrected chi connectivity index (χ0v) is 15.4. The molecule has 1 spiro atoms. The summed E-state index contributed by atoms with van der Waals surface area (Å²) in [6.07, 6.45) is 4.83. The van der Waals surface area contributed by atoms with Gasteiger partial charge in [-0.15, -0.1) is 0 Å². The number of likely N-dealkylation sites (tertiary alicyclic amines) is 1. The molecule has 1 unspecified atom stereocenters. The summed E-state index contributed by atoms with van der Waals surface area (Å²) in [6, 6.07) is 7.17. The summed E-state index contributed by atoms with van der Waals surface area (Å²) in [7, 11) is 1.58. The first-order chi connectivity index (χ1) is 12.5. The molecule has 1 saturated carbocycles. The summed E-state index contributed by atoms with van der Waals surface area (Å²) in [4.78, 5) is 38.7. The predicted molar refractivity (Wildman–Crippen MR) is 96.4 cm³/mol. The number of para-hydroxylation sites is 1. The summed E-state index contributed by atoms with van der Waals surface area (Å²) in [5, 5.41) is 2.87. The molecule has 26 heavy (non-hydrogen) atoms. The van der Waals surface area contributed by atoms with Crippen molar-refractivity contribution in [2.75, 3.05) is 13.7 Å². The maximum atomic E-state index is 12.8. The van der Waals surface area contributed by atoms with Gasteiger partial charge < -0.3 is 10.1 Å². The molecule has 2 fully saturated rings. The van der Waals surface area contributed by atoms with Gasteiger partial charge in [-0.1, -0.05) is 37.5 Å². The van der Waals surface area contributed by atoms with Crippen LogP contribution in [-0.4, -0.2) is 36.3 Å². The van der Waals surface area contributed by atoms with Crippen LogP contribution in [0.5, 0.6) is 5.75 Å². The highest BCUT2D eigenvalue weighted by molar-refractivity contribution is 6.08. The Morgan fingerprint density at radius 1 is 1.23 bits per heavy atom. The molecule has 1 N–H and O–H groups in total. The highest BCUT2D eigenvalue weighted by Crippen LogP contribution is 2.45. The second-order valence-electron chi connectivity index (χ2n) is 7.33. The average Bonchev–Trinajstić information content (AvgIpc) is 2.86. The maximum Gasteiger partial charge on any atom is 0.240 e. The molecule has 6 heteroatoms. The summed E-state index contributed by atoms with van der Waals surface area (Å²) < 4.78 is 5.32. The second kappa shape index (κ2) is 7.48. The number of nitrogens with one attached hydrogen (secondary N) is 1. The molecule has 1 aromatic carbocycles. The fourth-order valence-corrected chi connectivity index (χ4v) is 4.17. The lowest BCUT2D eigenvalue weighted by Gasteiger charge is -2.30. The smallest absolute Gasteiger partial charge is 0.240 e. The van der Waals surface area contributed by atoms with Crippen LogP contribution in [0.4, 0.5) is 0 Å². The van der Waals surface area contributed by atoms with Crippen LogP contribution in [0.15, 0.2) is 24.3 Å². The molecule has 0 radical (unpaired) electrons. The van der Waals surface area contributed by atoms with Crippen LogP contribution in [0.2, 0.25) is 0 Å². The van der Waals surface area contributed by atoms with Crippen LogP contribution in [0.3, 0.4) is 0 Å². The van der Waals surface area contributed by atoms with E-state index in [2.05, 4.69) is 5.32 Å². The lowest BCUT2D eigenvalue weighted by Crippen LogP contribution is -2.43. The van der Waals surface area contributed by atoms with E-state index in [1.165, 1.54) is 0 Å². The number of imide groups is 1. The number of carbonyl (C=O) groups excluding carboxylic acids is 3. The van der Waals surface area contributed by atoms with Crippen molar-refractivity contribution in [3.63, 3.8) is 0 Å². The first-order valence-corrected chi connectivity index (χ1v) is 9.24. The molecule has 1 aromatic rings. The molecule has 1 atom stereocenters. The minimum Gasteiger partial charge on any atom is -0.496 e. The van der Waals surface area contributed by atoms with E-state index < -0.39 is 5.41 Å². The SMILES string of the molecule is COc1ccccc1C(C)NC(=O)CN1C(=O)CC2(CCCCC2)C1=O. The lowest BCUT2D eigenvalue weighted by atomic mass is 9.73. The quantitative estimate of drug-likeness (QED) is 0.821. The van der Waals surface area contributed by atoms with Gasteiger partial charge in [-0.25, -0.2) is 0 Å². The van der Waals surface area contributed by atoms with Crippen molar-refractivity contribution in [3.8, 4) is 5.75 Å². The molecule has 1 heterocycles. The number of nitrogens with zero attached hydrogens (tertiary/aromatic N) is 1. The Kier molecular flexibility index (Phi) is 5.30. The van der Waals surface area contributed by atoms with Crippen molar-refractivity contribution in [2.24, 2.45) is 5.41 Å². The highest BCUT2D eigenvalue weighted by Gasteiger charge is 2.51. The summed E-state index contributed by atoms with van der Waals surface area (Å²) >= 11 is 0. The van der Waals surface area contributed by atoms with E-state index in [-0.39, 0.29) is 36.7 Å². The van der Waals surface area contributed by atoms with Crippen LogP contribution < -0.4 is 10.1 Å². The van der Waals surface area contributed by atoms with E-state index in [1.807, 2.05) is 31.2 Å². The predicted octanol–water partition coefficient (Wildman–Crippen LogP) is 2.58. The third-order valence-electron chi connectivity index (χ3n) is 5.58. The van der Waals surface area contributed by atoms with E-state index in [1.54, 1.807) is 7.11 Å². The molecular weight excluding hydrogens is 332 g/mol. The molecule has 1 aliphatic carbocycles. The summed E-state index contributed by atoms with van der Waals surface area (Å²) in [5.41, 5.74) is 0.301. The van der Waals surface area contributed by atoms with Crippen LogP contribution in [-0.2, 0) is 14.4 Å². The lowest BCUT2D eigenvalue weighted by molar-refractivity contribution is -0.145. The minimum absolute atomic E-state index is 0.165. The zero-order chi connectivity index (χ0) is 18.7. The topological polar surface area (TPSA) is 75.7 Å². The van der Waals surface area contributed by atoms with Gasteiger partial charge in [0, 0.05) is 12.0 Å². The van der Waals surface area contributed by atoms with Gasteiger partial charge in [0.15, 0.2) is 0 Å². The fourth-order valence-electron chi connectivity index (χ4n) is 4.17. The number of rotatable bonds is 5. The normalized spacial score (nSPS) is 20.3. The van der Waals surface area contributed by atoms with E-state index in [9.17, 15) is 14.4 Å². The molecule has 6 nitrogen and oxygen atoms in total. The van der Waals surface area contributed by atoms with Crippen LogP contribution in [0, 0.1) is 5.41 Å². The number of hydrogen-bond acceptors (Lipinski definition) is 4. The van der Waals surface area contributed by atoms with Crippen LogP contribution in [0.25, 0.3) is 0 Å². The number of benzene rings is 1. The van der Waals surface area contributed by atoms with Gasteiger partial charge in [0.2, 0.25) is 17.7 Å². The molecule has 0 aromatic heterocycles. The van der Waals surface area contributed by atoms with Crippen molar-refractivity contribution in [1.82, 2.24) is 10.2 Å². The van der Waals surface area contributed by atoms with E-state index in [0.717, 1.165) is 42.6 Å². The number of ether oxygens (including phenoxy) is 1. The number of carbonyl (C=O) groups is 3. The second-order valence-corrected chi connectivity index (χ2v) is 7.33. The number of amides is 3. The van der Waals surface area contributed by atoms with Gasteiger partial charge in [0.1, 0.15) is 12.3 Å². The third-order valence-corrected chi connectivity index (χ3v) is 5.58. The van der Waals surface area contributed by atoms with Gasteiger partial charge >= 0.3 is 0 Å². The molecule has 2 aliphatic rings. The average molecular weight is 358 g/mol. The monoisotopic (exact) mass is 358 g/mol. The van der Waals surface area contributed by atoms with Crippen molar-refractivity contribution >= 4 is 17.7 Å². The number of methoxy groups -OCH3 is 1. The van der Waals surface area contributed by atoms with Gasteiger partial charge in [-0.2, -0.15) is 0 Å². The molecule has 0 bridgehead atoms. The van der Waals surface area contributed by atoms with Crippen molar-refractivity contribution in [3.05, 3.63) is 29.8 Å². The van der Waals surface area contributed by atoms with E-state index in [0.29, 0.717) is 5.75 Å². The molecule has 3 amide bonds. The standard InChI is InChI=1S/C20H26N2O4/c1-14(15-8-4-5-9-16(15)26-2)21-17(23)13-22-18(24)12-20(19(22)25)10-6-3-7-11-20/h4-5,8-9,14H,3,6-7,10-13H2,1-2H3,(H,21,23). The van der Waals surface area contributed by atoms with Crippen molar-refractivity contribution in [2.45, 2.75) is 51.5 Å². The molecule has 1 aliphatic heterocycles. The largest absolute Gasteiger partial charge is 0.496 e. The Morgan fingerprint density at radius 3 is 2.62 bits per heavy atom. The third kappa shape index (κ3) is 3.45. The fraction of sp³-hybridized carbons (Fsp3) is 0.550. The van der Waals surface area contributed by atoms with Crippen molar-refractivity contribution < 1.29 is 19.1 Å². The summed E-state index contributed by atoms with van der Waals surface area (Å²) in [5.74, 6) is -0.0351. The Balaban J connectivity index is 1.64. The maximum absolute atomic E-state index is 12.8. The highest BCUT2D eigenvalue weighted by atomic mass is 16.5. The van der Waals surface area contributed by atoms with Gasteiger partial charge in [0.05, 0.1) is 18.6 Å². The van der Waals surface area contributed by atoms with Crippen LogP contribution in [0.1, 0.15) is 57.1 Å². The molecule has 1 saturated heterocycles. The summed E-state index contributed by atoms with van der Waals surface area (Å²) in [6.45, 7) is 1.64. The number of hydrogen-bond donors (Lipinski definition) is 1. The van der Waals surface area contributed by atoms with Gasteiger partial charge in [-0.3, -0.25) is 19.3 Å². The first-order valence-electron chi connectivity index (χ1n) is 9.24. The van der Waals surface area contributed by atoms with E-state index in [4.69, 9.17) is 4.74 Å². The Morgan fingerprint density at radius 2 is 1.92 bits per heavy atom. The minimum atomic E-state index is -0.552. The Hall–Kier alpha value is -2.37. The Bertz CT molecular complexity index is 710. The van der Waals surface area contributed by atoms with Crippen molar-refractivity contribution in [1.29, 1.82) is 0 Å². The van der Waals surface area contributed by atoms with E-state index >= 15 is 0 Å².